The molecule has 0 aliphatic rings. The zero-order chi connectivity index (χ0) is 8.57. The van der Waals surface area contributed by atoms with Gasteiger partial charge in [0.15, 0.2) is 0 Å². The standard InChI is InChI=1S/C4H8O2.C2H3ClO/c1-3-6-4(2)5;1-2(3)4/h3H2,1-2H3;1H3. The summed E-state index contributed by atoms with van der Waals surface area (Å²) in [4.78, 5) is 19.0. The van der Waals surface area contributed by atoms with Crippen molar-refractivity contribution in [3.8, 4) is 0 Å². The molecule has 0 aromatic rings. The summed E-state index contributed by atoms with van der Waals surface area (Å²) in [6.45, 7) is 4.95. The van der Waals surface area contributed by atoms with Gasteiger partial charge in [-0.15, -0.1) is 0 Å². The summed E-state index contributed by atoms with van der Waals surface area (Å²) in [5.74, 6) is -0.211. The van der Waals surface area contributed by atoms with Crippen LogP contribution in [-0.4, -0.2) is 17.8 Å². The maximum Gasteiger partial charge on any atom is 0.302 e. The molecule has 0 aromatic carbocycles. The molecule has 0 amide bonds. The van der Waals surface area contributed by atoms with Crippen molar-refractivity contribution in [2.24, 2.45) is 0 Å². The van der Waals surface area contributed by atoms with Gasteiger partial charge in [0.25, 0.3) is 0 Å². The molecule has 0 saturated carbocycles. The van der Waals surface area contributed by atoms with Crippen LogP contribution in [-0.2, 0) is 14.3 Å². The van der Waals surface area contributed by atoms with E-state index in [1.165, 1.54) is 13.8 Å². The third kappa shape index (κ3) is 52.0. The highest BCUT2D eigenvalue weighted by Gasteiger charge is 1.81. The third-order valence-corrected chi connectivity index (χ3v) is 0.348. The fraction of sp³-hybridized carbons (Fsp3) is 0.667. The largest absolute Gasteiger partial charge is 0.466 e. The summed E-state index contributed by atoms with van der Waals surface area (Å²) in [6.07, 6.45) is 0. The summed E-state index contributed by atoms with van der Waals surface area (Å²) < 4.78 is 4.40. The molecule has 0 radical (unpaired) electrons. The number of esters is 1. The molecule has 0 aromatic heterocycles. The Kier molecular flexibility index (Phi) is 10.2. The normalized spacial score (nSPS) is 7.20. The second kappa shape index (κ2) is 8.43. The van der Waals surface area contributed by atoms with E-state index in [-0.39, 0.29) is 11.2 Å². The summed E-state index contributed by atoms with van der Waals surface area (Å²) in [5.41, 5.74) is 0. The minimum Gasteiger partial charge on any atom is -0.466 e. The van der Waals surface area contributed by atoms with Crippen LogP contribution in [0.15, 0.2) is 0 Å². The molecule has 0 unspecified atom stereocenters. The van der Waals surface area contributed by atoms with Crippen molar-refractivity contribution >= 4 is 22.8 Å². The van der Waals surface area contributed by atoms with Crippen molar-refractivity contribution in [3.63, 3.8) is 0 Å². The van der Waals surface area contributed by atoms with Crippen LogP contribution in [0.3, 0.4) is 0 Å². The molecule has 0 bridgehead atoms. The Hall–Kier alpha value is -0.570. The predicted octanol–water partition coefficient (Wildman–Crippen LogP) is 1.34. The first-order valence-electron chi connectivity index (χ1n) is 2.80. The van der Waals surface area contributed by atoms with Gasteiger partial charge >= 0.3 is 5.97 Å². The minimum atomic E-state index is -0.361. The SMILES string of the molecule is CC(=O)Cl.CCOC(C)=O. The summed E-state index contributed by atoms with van der Waals surface area (Å²) in [5, 5.41) is -0.361. The van der Waals surface area contributed by atoms with E-state index in [0.29, 0.717) is 6.61 Å². The number of rotatable bonds is 1. The number of hydrogen-bond acceptors (Lipinski definition) is 3. The molecule has 60 valence electrons. The first-order valence-corrected chi connectivity index (χ1v) is 3.18. The van der Waals surface area contributed by atoms with Gasteiger partial charge in [-0.2, -0.15) is 0 Å². The second-order valence-corrected chi connectivity index (χ2v) is 1.93. The molecule has 0 N–H and O–H groups in total. The lowest BCUT2D eigenvalue weighted by Crippen LogP contribution is -1.95. The van der Waals surface area contributed by atoms with E-state index in [4.69, 9.17) is 0 Å². The highest BCUT2D eigenvalue weighted by atomic mass is 35.5. The van der Waals surface area contributed by atoms with Crippen molar-refractivity contribution in [1.29, 1.82) is 0 Å². The topological polar surface area (TPSA) is 43.4 Å². The molecular weight excluding hydrogens is 156 g/mol. The summed E-state index contributed by atoms with van der Waals surface area (Å²) in [7, 11) is 0. The molecule has 0 atom stereocenters. The van der Waals surface area contributed by atoms with E-state index in [1.54, 1.807) is 6.92 Å². The van der Waals surface area contributed by atoms with Gasteiger partial charge in [-0.25, -0.2) is 0 Å². The van der Waals surface area contributed by atoms with Gasteiger partial charge in [-0.05, 0) is 18.5 Å². The van der Waals surface area contributed by atoms with E-state index in [9.17, 15) is 9.59 Å². The Morgan fingerprint density at radius 1 is 1.40 bits per heavy atom. The molecular formula is C6H11ClO3. The van der Waals surface area contributed by atoms with Crippen LogP contribution in [0.4, 0.5) is 0 Å². The number of carbonyl (C=O) groups excluding carboxylic acids is 2. The van der Waals surface area contributed by atoms with Gasteiger partial charge in [0.05, 0.1) is 6.61 Å². The lowest BCUT2D eigenvalue weighted by molar-refractivity contribution is -0.140. The molecule has 3 nitrogen and oxygen atoms in total. The van der Waals surface area contributed by atoms with Crippen molar-refractivity contribution in [2.45, 2.75) is 20.8 Å². The Morgan fingerprint density at radius 2 is 1.70 bits per heavy atom. The zero-order valence-corrected chi connectivity index (χ0v) is 7.07. The zero-order valence-electron chi connectivity index (χ0n) is 6.31. The first-order chi connectivity index (χ1) is 4.50. The van der Waals surface area contributed by atoms with E-state index in [2.05, 4.69) is 16.3 Å². The lowest BCUT2D eigenvalue weighted by Gasteiger charge is -1.89. The molecule has 4 heteroatoms. The minimum absolute atomic E-state index is 0.211. The van der Waals surface area contributed by atoms with E-state index in [0.717, 1.165) is 0 Å². The fourth-order valence-corrected chi connectivity index (χ4v) is 0.203. The molecule has 0 saturated heterocycles. The number of carbonyl (C=O) groups is 2. The molecule has 10 heavy (non-hydrogen) atoms. The van der Waals surface area contributed by atoms with E-state index in [1.807, 2.05) is 0 Å². The van der Waals surface area contributed by atoms with Crippen molar-refractivity contribution in [2.75, 3.05) is 6.61 Å². The van der Waals surface area contributed by atoms with E-state index < -0.39 is 0 Å². The van der Waals surface area contributed by atoms with Gasteiger partial charge in [0.1, 0.15) is 0 Å². The second-order valence-electron chi connectivity index (χ2n) is 1.39. The highest BCUT2D eigenvalue weighted by molar-refractivity contribution is 6.62. The van der Waals surface area contributed by atoms with Gasteiger partial charge in [0, 0.05) is 13.8 Å². The van der Waals surface area contributed by atoms with Crippen LogP contribution in [0.1, 0.15) is 20.8 Å². The average molecular weight is 167 g/mol. The van der Waals surface area contributed by atoms with Gasteiger partial charge in [-0.1, -0.05) is 0 Å². The Bertz CT molecular complexity index is 108. The maximum absolute atomic E-state index is 9.82. The number of hydrogen-bond donors (Lipinski definition) is 0. The van der Waals surface area contributed by atoms with Crippen LogP contribution >= 0.6 is 11.6 Å². The Morgan fingerprint density at radius 3 is 1.70 bits per heavy atom. The average Bonchev–Trinajstić information content (AvgIpc) is 1.62. The Labute approximate surface area is 65.3 Å². The predicted molar refractivity (Wildman–Crippen MR) is 38.8 cm³/mol. The van der Waals surface area contributed by atoms with Crippen LogP contribution in [0.25, 0.3) is 0 Å². The van der Waals surface area contributed by atoms with Gasteiger partial charge < -0.3 is 4.74 Å². The van der Waals surface area contributed by atoms with Crippen molar-refractivity contribution < 1.29 is 14.3 Å². The van der Waals surface area contributed by atoms with Crippen LogP contribution in [0, 0.1) is 0 Å². The summed E-state index contributed by atoms with van der Waals surface area (Å²) >= 11 is 4.64. The van der Waals surface area contributed by atoms with Crippen molar-refractivity contribution in [3.05, 3.63) is 0 Å². The molecule has 0 aliphatic carbocycles. The third-order valence-electron chi connectivity index (χ3n) is 0.348. The Balaban J connectivity index is 0. The molecule has 0 heterocycles. The quantitative estimate of drug-likeness (QED) is 0.436. The first kappa shape index (κ1) is 12.1. The van der Waals surface area contributed by atoms with E-state index >= 15 is 0 Å². The monoisotopic (exact) mass is 166 g/mol. The van der Waals surface area contributed by atoms with Gasteiger partial charge in [-0.3, -0.25) is 9.59 Å². The number of ether oxygens (including phenoxy) is 1. The number of halogens is 1. The fourth-order valence-electron chi connectivity index (χ4n) is 0.203. The van der Waals surface area contributed by atoms with Crippen LogP contribution in [0.2, 0.25) is 0 Å². The highest BCUT2D eigenvalue weighted by Crippen LogP contribution is 1.69. The molecule has 0 rings (SSSR count). The smallest absolute Gasteiger partial charge is 0.302 e. The van der Waals surface area contributed by atoms with Gasteiger partial charge in [0.2, 0.25) is 5.24 Å². The lowest BCUT2D eigenvalue weighted by atomic mass is 10.8. The van der Waals surface area contributed by atoms with Crippen LogP contribution < -0.4 is 0 Å². The summed E-state index contributed by atoms with van der Waals surface area (Å²) in [6, 6.07) is 0. The maximum atomic E-state index is 9.82. The van der Waals surface area contributed by atoms with Crippen molar-refractivity contribution in [1.82, 2.24) is 0 Å². The molecule has 0 spiro atoms. The van der Waals surface area contributed by atoms with Crippen LogP contribution in [0.5, 0.6) is 0 Å². The molecule has 0 fully saturated rings. The molecule has 0 aliphatic heterocycles.